The van der Waals surface area contributed by atoms with Crippen molar-refractivity contribution in [3.05, 3.63) is 59.4 Å². The highest BCUT2D eigenvalue weighted by molar-refractivity contribution is 5.79. The number of nitrogens with one attached hydrogen (secondary N) is 1. The number of aromatic nitrogens is 2. The first-order chi connectivity index (χ1) is 12.6. The van der Waals surface area contributed by atoms with Crippen LogP contribution in [0.1, 0.15) is 12.0 Å². The minimum absolute atomic E-state index is 0.0861. The zero-order chi connectivity index (χ0) is 18.1. The number of halogens is 3. The van der Waals surface area contributed by atoms with E-state index >= 15 is 0 Å². The number of para-hydroxylation sites is 2. The van der Waals surface area contributed by atoms with Crippen molar-refractivity contribution in [3.63, 3.8) is 0 Å². The molecular weight excluding hydrogens is 341 g/mol. The second kappa shape index (κ2) is 6.99. The van der Waals surface area contributed by atoms with Crippen LogP contribution in [0.5, 0.6) is 0 Å². The molecule has 1 aromatic heterocycles. The van der Waals surface area contributed by atoms with Gasteiger partial charge >= 0.3 is 0 Å². The average molecular weight is 360 g/mol. The maximum absolute atomic E-state index is 14.2. The third-order valence-corrected chi connectivity index (χ3v) is 4.70. The summed E-state index contributed by atoms with van der Waals surface area (Å²) in [7, 11) is 0. The Labute approximate surface area is 149 Å². The van der Waals surface area contributed by atoms with E-state index in [1.807, 2.05) is 28.8 Å². The van der Waals surface area contributed by atoms with Crippen LogP contribution in [0.4, 0.5) is 19.1 Å². The minimum atomic E-state index is -1.44. The zero-order valence-corrected chi connectivity index (χ0v) is 14.2. The zero-order valence-electron chi connectivity index (χ0n) is 14.2. The third-order valence-electron chi connectivity index (χ3n) is 4.70. The number of hydrogen-bond acceptors (Lipinski definition) is 3. The van der Waals surface area contributed by atoms with Gasteiger partial charge < -0.3 is 14.8 Å². The van der Waals surface area contributed by atoms with Gasteiger partial charge in [-0.3, -0.25) is 0 Å². The average Bonchev–Trinajstić information content (AvgIpc) is 2.82. The van der Waals surface area contributed by atoms with Gasteiger partial charge in [-0.15, -0.1) is 0 Å². The van der Waals surface area contributed by atoms with E-state index in [1.54, 1.807) is 0 Å². The van der Waals surface area contributed by atoms with E-state index < -0.39 is 17.5 Å². The molecule has 1 aliphatic rings. The second-order valence-corrected chi connectivity index (χ2v) is 6.41. The van der Waals surface area contributed by atoms with Gasteiger partial charge in [0.05, 0.1) is 17.6 Å². The highest BCUT2D eigenvalue weighted by Crippen LogP contribution is 2.26. The van der Waals surface area contributed by atoms with Gasteiger partial charge in [0.2, 0.25) is 5.95 Å². The van der Waals surface area contributed by atoms with Crippen molar-refractivity contribution in [1.82, 2.24) is 14.9 Å². The van der Waals surface area contributed by atoms with Crippen LogP contribution in [-0.2, 0) is 6.54 Å². The number of hydrogen-bond donors (Lipinski definition) is 1. The lowest BCUT2D eigenvalue weighted by atomic mass is 10.2. The number of benzene rings is 2. The first-order valence-electron chi connectivity index (χ1n) is 8.68. The summed E-state index contributed by atoms with van der Waals surface area (Å²) < 4.78 is 43.0. The fourth-order valence-electron chi connectivity index (χ4n) is 3.36. The van der Waals surface area contributed by atoms with E-state index in [-0.39, 0.29) is 12.1 Å². The van der Waals surface area contributed by atoms with Crippen molar-refractivity contribution in [2.45, 2.75) is 13.0 Å². The van der Waals surface area contributed by atoms with E-state index in [9.17, 15) is 13.2 Å². The molecule has 0 radical (unpaired) electrons. The van der Waals surface area contributed by atoms with E-state index in [2.05, 4.69) is 10.2 Å². The molecule has 0 unspecified atom stereocenters. The molecule has 0 amide bonds. The van der Waals surface area contributed by atoms with E-state index in [0.29, 0.717) is 0 Å². The molecule has 1 saturated heterocycles. The molecule has 1 aliphatic heterocycles. The molecule has 3 aromatic rings. The Bertz CT molecular complexity index is 930. The molecule has 0 bridgehead atoms. The predicted octanol–water partition coefficient (Wildman–Crippen LogP) is 3.30. The summed E-state index contributed by atoms with van der Waals surface area (Å²) in [6.45, 7) is 3.47. The van der Waals surface area contributed by atoms with Gasteiger partial charge in [0.25, 0.3) is 0 Å². The van der Waals surface area contributed by atoms with Gasteiger partial charge in [-0.05, 0) is 31.2 Å². The Morgan fingerprint density at radius 3 is 2.69 bits per heavy atom. The van der Waals surface area contributed by atoms with E-state index in [4.69, 9.17) is 4.98 Å². The van der Waals surface area contributed by atoms with Crippen LogP contribution in [0.25, 0.3) is 11.0 Å². The quantitative estimate of drug-likeness (QED) is 0.728. The molecule has 1 N–H and O–H groups in total. The molecule has 0 atom stereocenters. The highest BCUT2D eigenvalue weighted by atomic mass is 19.2. The predicted molar refractivity (Wildman–Crippen MR) is 94.9 cm³/mol. The van der Waals surface area contributed by atoms with Crippen LogP contribution < -0.4 is 10.2 Å². The van der Waals surface area contributed by atoms with Crippen molar-refractivity contribution in [2.24, 2.45) is 0 Å². The van der Waals surface area contributed by atoms with Gasteiger partial charge in [0.15, 0.2) is 17.5 Å². The lowest BCUT2D eigenvalue weighted by Gasteiger charge is -2.22. The summed E-state index contributed by atoms with van der Waals surface area (Å²) in [6, 6.07) is 9.83. The Balaban J connectivity index is 1.80. The third kappa shape index (κ3) is 3.03. The van der Waals surface area contributed by atoms with Crippen molar-refractivity contribution in [1.29, 1.82) is 0 Å². The summed E-state index contributed by atoms with van der Waals surface area (Å²) in [4.78, 5) is 6.87. The SMILES string of the molecule is Fc1ccc(Cn2c(N3CCCNCC3)nc3ccccc32)c(F)c1F. The normalized spacial score (nSPS) is 15.4. The topological polar surface area (TPSA) is 33.1 Å². The van der Waals surface area contributed by atoms with Crippen LogP contribution in [0.3, 0.4) is 0 Å². The van der Waals surface area contributed by atoms with Crippen LogP contribution in [-0.4, -0.2) is 35.7 Å². The number of anilines is 1. The lowest BCUT2D eigenvalue weighted by Crippen LogP contribution is -2.30. The van der Waals surface area contributed by atoms with Crippen molar-refractivity contribution < 1.29 is 13.2 Å². The summed E-state index contributed by atoms with van der Waals surface area (Å²) >= 11 is 0. The number of fused-ring (bicyclic) bond motifs is 1. The van der Waals surface area contributed by atoms with Gasteiger partial charge in [0.1, 0.15) is 0 Å². The van der Waals surface area contributed by atoms with Crippen molar-refractivity contribution in [2.75, 3.05) is 31.1 Å². The largest absolute Gasteiger partial charge is 0.341 e. The molecule has 0 saturated carbocycles. The molecule has 26 heavy (non-hydrogen) atoms. The van der Waals surface area contributed by atoms with Crippen LogP contribution in [0.2, 0.25) is 0 Å². The fourth-order valence-corrected chi connectivity index (χ4v) is 3.36. The van der Waals surface area contributed by atoms with Crippen LogP contribution in [0, 0.1) is 17.5 Å². The summed E-state index contributed by atoms with van der Waals surface area (Å²) in [5.74, 6) is -3.04. The Morgan fingerprint density at radius 1 is 0.962 bits per heavy atom. The maximum atomic E-state index is 14.2. The standard InChI is InChI=1S/C19H19F3N4/c20-14-7-6-13(17(21)18(14)22)12-26-16-5-2-1-4-15(16)24-19(26)25-10-3-8-23-9-11-25/h1-2,4-7,23H,3,8-12H2. The van der Waals surface area contributed by atoms with Gasteiger partial charge in [-0.25, -0.2) is 18.2 Å². The number of rotatable bonds is 3. The molecule has 2 heterocycles. The maximum Gasteiger partial charge on any atom is 0.206 e. The molecule has 7 heteroatoms. The summed E-state index contributed by atoms with van der Waals surface area (Å²) in [5, 5.41) is 3.34. The fraction of sp³-hybridized carbons (Fsp3) is 0.316. The molecular formula is C19H19F3N4. The molecule has 4 nitrogen and oxygen atoms in total. The molecule has 0 spiro atoms. The summed E-state index contributed by atoms with van der Waals surface area (Å²) in [6.07, 6.45) is 0.975. The van der Waals surface area contributed by atoms with Crippen molar-refractivity contribution in [3.8, 4) is 0 Å². The highest BCUT2D eigenvalue weighted by Gasteiger charge is 2.20. The molecule has 136 valence electrons. The number of nitrogens with zero attached hydrogens (tertiary/aromatic N) is 3. The first kappa shape index (κ1) is 16.9. The minimum Gasteiger partial charge on any atom is -0.341 e. The summed E-state index contributed by atoms with van der Waals surface area (Å²) in [5.41, 5.74) is 1.73. The Hall–Kier alpha value is -2.54. The van der Waals surface area contributed by atoms with Crippen molar-refractivity contribution >= 4 is 17.0 Å². The lowest BCUT2D eigenvalue weighted by molar-refractivity contribution is 0.439. The van der Waals surface area contributed by atoms with Gasteiger partial charge in [-0.2, -0.15) is 0 Å². The monoisotopic (exact) mass is 360 g/mol. The molecule has 1 fully saturated rings. The van der Waals surface area contributed by atoms with Gasteiger partial charge in [-0.1, -0.05) is 18.2 Å². The van der Waals surface area contributed by atoms with Crippen LogP contribution >= 0.6 is 0 Å². The Kier molecular flexibility index (Phi) is 4.55. The van der Waals surface area contributed by atoms with E-state index in [0.717, 1.165) is 55.6 Å². The molecule has 0 aliphatic carbocycles. The van der Waals surface area contributed by atoms with Gasteiger partial charge in [0, 0.05) is 25.2 Å². The molecule has 4 rings (SSSR count). The second-order valence-electron chi connectivity index (χ2n) is 6.41. The number of imidazole rings is 1. The smallest absolute Gasteiger partial charge is 0.206 e. The Morgan fingerprint density at radius 2 is 1.81 bits per heavy atom. The molecule has 2 aromatic carbocycles. The van der Waals surface area contributed by atoms with Crippen LogP contribution in [0.15, 0.2) is 36.4 Å². The van der Waals surface area contributed by atoms with E-state index in [1.165, 1.54) is 6.07 Å². The first-order valence-corrected chi connectivity index (χ1v) is 8.68.